The molecule has 0 atom stereocenters. The highest BCUT2D eigenvalue weighted by molar-refractivity contribution is 8.05. The van der Waals surface area contributed by atoms with Crippen molar-refractivity contribution >= 4 is 23.5 Å². The summed E-state index contributed by atoms with van der Waals surface area (Å²) in [6, 6.07) is 6.09. The standard InChI is InChI=1S/C10H6N2S2/c1-2-8-10(12-4-1)14-7-3-5-11-6-9(7)13-8/h1-6H. The van der Waals surface area contributed by atoms with Crippen LogP contribution in [0.3, 0.4) is 0 Å². The van der Waals surface area contributed by atoms with Crippen LogP contribution in [0.15, 0.2) is 56.5 Å². The van der Waals surface area contributed by atoms with Crippen molar-refractivity contribution in [1.82, 2.24) is 9.97 Å². The molecule has 0 spiro atoms. The molecule has 2 nitrogen and oxygen atoms in total. The van der Waals surface area contributed by atoms with Gasteiger partial charge in [0.05, 0.1) is 0 Å². The van der Waals surface area contributed by atoms with E-state index in [9.17, 15) is 0 Å². The maximum absolute atomic E-state index is 4.34. The van der Waals surface area contributed by atoms with Crippen molar-refractivity contribution in [2.24, 2.45) is 0 Å². The average molecular weight is 218 g/mol. The molecule has 0 fully saturated rings. The van der Waals surface area contributed by atoms with Gasteiger partial charge in [0.15, 0.2) is 0 Å². The number of fused-ring (bicyclic) bond motifs is 2. The monoisotopic (exact) mass is 218 g/mol. The molecule has 0 bridgehead atoms. The van der Waals surface area contributed by atoms with Crippen molar-refractivity contribution < 1.29 is 0 Å². The molecule has 68 valence electrons. The second kappa shape index (κ2) is 3.29. The SMILES string of the molecule is c1cnc2c(c1)Sc1cnccc1S2. The second-order valence-electron chi connectivity index (χ2n) is 2.83. The molecule has 0 saturated carbocycles. The Morgan fingerprint density at radius 2 is 1.93 bits per heavy atom. The highest BCUT2D eigenvalue weighted by Gasteiger charge is 2.16. The first kappa shape index (κ1) is 8.32. The zero-order valence-electron chi connectivity index (χ0n) is 7.18. The first-order valence-corrected chi connectivity index (χ1v) is 5.81. The van der Waals surface area contributed by atoms with E-state index in [1.165, 1.54) is 14.7 Å². The minimum Gasteiger partial charge on any atom is -0.263 e. The van der Waals surface area contributed by atoms with Gasteiger partial charge in [0.25, 0.3) is 0 Å². The fraction of sp³-hybridized carbons (Fsp3) is 0. The minimum absolute atomic E-state index is 1.09. The summed E-state index contributed by atoms with van der Waals surface area (Å²) in [5.41, 5.74) is 0. The van der Waals surface area contributed by atoms with Crippen LogP contribution < -0.4 is 0 Å². The van der Waals surface area contributed by atoms with E-state index in [2.05, 4.69) is 16.0 Å². The van der Waals surface area contributed by atoms with E-state index in [4.69, 9.17) is 0 Å². The molecule has 0 aromatic carbocycles. The van der Waals surface area contributed by atoms with Gasteiger partial charge in [-0.1, -0.05) is 23.5 Å². The molecule has 14 heavy (non-hydrogen) atoms. The lowest BCUT2D eigenvalue weighted by molar-refractivity contribution is 1.00. The maximum Gasteiger partial charge on any atom is 0.115 e. The molecule has 3 heterocycles. The first-order valence-electron chi connectivity index (χ1n) is 4.18. The van der Waals surface area contributed by atoms with Crippen molar-refractivity contribution in [2.45, 2.75) is 19.7 Å². The van der Waals surface area contributed by atoms with Crippen LogP contribution in [0.4, 0.5) is 0 Å². The molecule has 3 rings (SSSR count). The number of aromatic nitrogens is 2. The van der Waals surface area contributed by atoms with Gasteiger partial charge in [-0.05, 0) is 18.2 Å². The van der Waals surface area contributed by atoms with E-state index in [1.54, 1.807) is 23.5 Å². The van der Waals surface area contributed by atoms with Gasteiger partial charge in [-0.3, -0.25) is 4.98 Å². The summed E-state index contributed by atoms with van der Waals surface area (Å²) in [6.45, 7) is 0. The smallest absolute Gasteiger partial charge is 0.115 e. The third-order valence-electron chi connectivity index (χ3n) is 1.91. The predicted octanol–water partition coefficient (Wildman–Crippen LogP) is 3.09. The zero-order valence-corrected chi connectivity index (χ0v) is 8.81. The van der Waals surface area contributed by atoms with Gasteiger partial charge >= 0.3 is 0 Å². The van der Waals surface area contributed by atoms with Gasteiger partial charge in [-0.15, -0.1) is 0 Å². The lowest BCUT2D eigenvalue weighted by atomic mass is 10.5. The maximum atomic E-state index is 4.34. The molecule has 4 heteroatoms. The molecular weight excluding hydrogens is 212 g/mol. The lowest BCUT2D eigenvalue weighted by Gasteiger charge is -2.15. The molecule has 1 aliphatic heterocycles. The van der Waals surface area contributed by atoms with E-state index in [0.29, 0.717) is 0 Å². The van der Waals surface area contributed by atoms with Crippen LogP contribution in [-0.4, -0.2) is 9.97 Å². The van der Waals surface area contributed by atoms with E-state index < -0.39 is 0 Å². The molecule has 0 radical (unpaired) electrons. The topological polar surface area (TPSA) is 25.8 Å². The number of hydrogen-bond acceptors (Lipinski definition) is 4. The Labute approximate surface area is 90.2 Å². The molecule has 0 aliphatic carbocycles. The summed E-state index contributed by atoms with van der Waals surface area (Å²) in [4.78, 5) is 12.1. The lowest BCUT2D eigenvalue weighted by Crippen LogP contribution is -1.91. The van der Waals surface area contributed by atoms with Crippen LogP contribution >= 0.6 is 23.5 Å². The van der Waals surface area contributed by atoms with Crippen molar-refractivity contribution in [1.29, 1.82) is 0 Å². The molecule has 0 unspecified atom stereocenters. The molecule has 0 N–H and O–H groups in total. The summed E-state index contributed by atoms with van der Waals surface area (Å²) < 4.78 is 0. The zero-order chi connectivity index (χ0) is 9.38. The van der Waals surface area contributed by atoms with Gasteiger partial charge in [-0.25, -0.2) is 4.98 Å². The Morgan fingerprint density at radius 1 is 0.929 bits per heavy atom. The highest BCUT2D eigenvalue weighted by Crippen LogP contribution is 2.46. The molecule has 0 saturated heterocycles. The Bertz CT molecular complexity index is 398. The summed E-state index contributed by atoms with van der Waals surface area (Å²) in [5.74, 6) is 0. The van der Waals surface area contributed by atoms with Gasteiger partial charge in [0, 0.05) is 33.3 Å². The Balaban J connectivity index is 2.12. The van der Waals surface area contributed by atoms with Crippen LogP contribution in [0.1, 0.15) is 0 Å². The number of nitrogens with zero attached hydrogens (tertiary/aromatic N) is 2. The van der Waals surface area contributed by atoms with Crippen molar-refractivity contribution in [3.05, 3.63) is 36.8 Å². The molecular formula is C10H6N2S2. The van der Waals surface area contributed by atoms with Gasteiger partial charge in [0.1, 0.15) is 5.03 Å². The minimum atomic E-state index is 1.09. The molecule has 2 aromatic heterocycles. The van der Waals surface area contributed by atoms with Crippen LogP contribution in [-0.2, 0) is 0 Å². The second-order valence-corrected chi connectivity index (χ2v) is 4.95. The first-order chi connectivity index (χ1) is 6.93. The number of hydrogen-bond donors (Lipinski definition) is 0. The van der Waals surface area contributed by atoms with Gasteiger partial charge < -0.3 is 0 Å². The van der Waals surface area contributed by atoms with Crippen molar-refractivity contribution in [2.75, 3.05) is 0 Å². The normalized spacial score (nSPS) is 13.1. The largest absolute Gasteiger partial charge is 0.263 e. The third-order valence-corrected chi connectivity index (χ3v) is 4.36. The van der Waals surface area contributed by atoms with Crippen molar-refractivity contribution in [3.8, 4) is 0 Å². The Hall–Kier alpha value is -1.00. The van der Waals surface area contributed by atoms with E-state index in [-0.39, 0.29) is 0 Å². The quantitative estimate of drug-likeness (QED) is 0.579. The fourth-order valence-corrected chi connectivity index (χ4v) is 3.36. The number of pyridine rings is 2. The third kappa shape index (κ3) is 1.31. The van der Waals surface area contributed by atoms with Crippen LogP contribution in [0.5, 0.6) is 0 Å². The summed E-state index contributed by atoms with van der Waals surface area (Å²) in [5, 5.41) is 1.09. The van der Waals surface area contributed by atoms with Crippen molar-refractivity contribution in [3.63, 3.8) is 0 Å². The molecule has 1 aliphatic rings. The van der Waals surface area contributed by atoms with Gasteiger partial charge in [-0.2, -0.15) is 0 Å². The fourth-order valence-electron chi connectivity index (χ4n) is 1.28. The van der Waals surface area contributed by atoms with E-state index in [0.717, 1.165) is 5.03 Å². The summed E-state index contributed by atoms with van der Waals surface area (Å²) >= 11 is 3.45. The Kier molecular flexibility index (Phi) is 1.96. The predicted molar refractivity (Wildman–Crippen MR) is 56.7 cm³/mol. The summed E-state index contributed by atoms with van der Waals surface area (Å²) in [6.07, 6.45) is 5.56. The van der Waals surface area contributed by atoms with Gasteiger partial charge in [0.2, 0.25) is 0 Å². The molecule has 0 amide bonds. The average Bonchev–Trinajstić information content (AvgIpc) is 2.26. The van der Waals surface area contributed by atoms with Crippen LogP contribution in [0.25, 0.3) is 0 Å². The highest BCUT2D eigenvalue weighted by atomic mass is 32.2. The van der Waals surface area contributed by atoms with Crippen LogP contribution in [0, 0.1) is 0 Å². The Morgan fingerprint density at radius 3 is 2.93 bits per heavy atom. The number of rotatable bonds is 0. The van der Waals surface area contributed by atoms with Crippen LogP contribution in [0.2, 0.25) is 0 Å². The van der Waals surface area contributed by atoms with E-state index in [1.807, 2.05) is 30.7 Å². The summed E-state index contributed by atoms with van der Waals surface area (Å²) in [7, 11) is 0. The molecule has 2 aromatic rings. The van der Waals surface area contributed by atoms with E-state index >= 15 is 0 Å².